The number of hydrogen-bond acceptors (Lipinski definition) is 5. The Kier molecular flexibility index (Phi) is 6.83. The normalized spacial score (nSPS) is 11.1. The quantitative estimate of drug-likeness (QED) is 0.404. The molecular weight excluding hydrogens is 397 g/mol. The van der Waals surface area contributed by atoms with Crippen molar-refractivity contribution >= 4 is 12.0 Å². The highest BCUT2D eigenvalue weighted by Gasteiger charge is 2.16. The average molecular weight is 419 g/mol. The van der Waals surface area contributed by atoms with Crippen LogP contribution in [0.4, 0.5) is 4.39 Å². The molecule has 0 aliphatic heterocycles. The lowest BCUT2D eigenvalue weighted by Crippen LogP contribution is -2.15. The number of hydrogen-bond donors (Lipinski definition) is 0. The van der Waals surface area contributed by atoms with E-state index < -0.39 is 5.91 Å². The lowest BCUT2D eigenvalue weighted by atomic mass is 10.1. The van der Waals surface area contributed by atoms with Crippen LogP contribution in [0.15, 0.2) is 54.1 Å². The topological polar surface area (TPSA) is 77.1 Å². The van der Waals surface area contributed by atoms with Crippen LogP contribution in [0.5, 0.6) is 11.5 Å². The zero-order valence-corrected chi connectivity index (χ0v) is 17.6. The third kappa shape index (κ3) is 5.37. The molecule has 6 nitrogen and oxygen atoms in total. The highest BCUT2D eigenvalue weighted by molar-refractivity contribution is 6.03. The number of carbonyl (C=O) groups is 1. The third-order valence-corrected chi connectivity index (χ3v) is 4.44. The van der Waals surface area contributed by atoms with Crippen molar-refractivity contribution in [2.75, 3.05) is 6.61 Å². The standard InChI is InChI=1S/C24H22FN3O3/c1-4-30-23-13-19(7-10-22(23)31-15-18-5-8-21(25)9-6-18)12-20(14-26)24(29)28-17(3)11-16(2)27-28/h5-13H,4,15H2,1-3H3/b20-12+. The second-order valence-corrected chi connectivity index (χ2v) is 6.87. The summed E-state index contributed by atoms with van der Waals surface area (Å²) in [5, 5.41) is 13.7. The van der Waals surface area contributed by atoms with Crippen molar-refractivity contribution in [3.63, 3.8) is 0 Å². The lowest BCUT2D eigenvalue weighted by molar-refractivity contribution is 0.0943. The van der Waals surface area contributed by atoms with E-state index in [1.165, 1.54) is 22.9 Å². The number of ether oxygens (including phenoxy) is 2. The third-order valence-electron chi connectivity index (χ3n) is 4.44. The molecule has 0 bridgehead atoms. The van der Waals surface area contributed by atoms with E-state index in [4.69, 9.17) is 9.47 Å². The van der Waals surface area contributed by atoms with Gasteiger partial charge >= 0.3 is 0 Å². The summed E-state index contributed by atoms with van der Waals surface area (Å²) >= 11 is 0. The Morgan fingerprint density at radius 1 is 1.13 bits per heavy atom. The van der Waals surface area contributed by atoms with Gasteiger partial charge in [-0.05, 0) is 68.3 Å². The second-order valence-electron chi connectivity index (χ2n) is 6.87. The van der Waals surface area contributed by atoms with Crippen molar-refractivity contribution in [1.29, 1.82) is 5.26 Å². The van der Waals surface area contributed by atoms with E-state index in [2.05, 4.69) is 5.10 Å². The van der Waals surface area contributed by atoms with Gasteiger partial charge in [0.15, 0.2) is 11.5 Å². The summed E-state index contributed by atoms with van der Waals surface area (Å²) < 4.78 is 25.8. The molecule has 0 saturated heterocycles. The van der Waals surface area contributed by atoms with Gasteiger partial charge in [0, 0.05) is 5.69 Å². The van der Waals surface area contributed by atoms with Gasteiger partial charge in [0.1, 0.15) is 24.1 Å². The molecule has 0 radical (unpaired) electrons. The van der Waals surface area contributed by atoms with Gasteiger partial charge in [-0.1, -0.05) is 18.2 Å². The van der Waals surface area contributed by atoms with Gasteiger partial charge in [-0.25, -0.2) is 9.07 Å². The highest BCUT2D eigenvalue weighted by Crippen LogP contribution is 2.30. The fourth-order valence-electron chi connectivity index (χ4n) is 3.00. The minimum Gasteiger partial charge on any atom is -0.490 e. The molecule has 7 heteroatoms. The van der Waals surface area contributed by atoms with E-state index in [1.54, 1.807) is 50.2 Å². The smallest absolute Gasteiger partial charge is 0.289 e. The number of nitriles is 1. The van der Waals surface area contributed by atoms with Gasteiger partial charge in [-0.2, -0.15) is 10.4 Å². The molecule has 0 fully saturated rings. The van der Waals surface area contributed by atoms with Crippen LogP contribution in [-0.2, 0) is 6.61 Å². The maximum Gasteiger partial charge on any atom is 0.289 e. The first-order valence-corrected chi connectivity index (χ1v) is 9.75. The summed E-state index contributed by atoms with van der Waals surface area (Å²) in [6.07, 6.45) is 1.49. The zero-order chi connectivity index (χ0) is 22.4. The molecule has 0 amide bonds. The summed E-state index contributed by atoms with van der Waals surface area (Å²) in [4.78, 5) is 12.7. The Labute approximate surface area is 180 Å². The van der Waals surface area contributed by atoms with Crippen molar-refractivity contribution in [3.8, 4) is 17.6 Å². The largest absolute Gasteiger partial charge is 0.490 e. The van der Waals surface area contributed by atoms with Crippen molar-refractivity contribution in [2.45, 2.75) is 27.4 Å². The first-order valence-electron chi connectivity index (χ1n) is 9.75. The minimum absolute atomic E-state index is 0.0476. The maximum absolute atomic E-state index is 13.1. The van der Waals surface area contributed by atoms with E-state index in [0.29, 0.717) is 35.1 Å². The van der Waals surface area contributed by atoms with Crippen molar-refractivity contribution < 1.29 is 18.7 Å². The molecule has 0 aliphatic rings. The summed E-state index contributed by atoms with van der Waals surface area (Å²) in [6.45, 7) is 6.05. The number of carbonyl (C=O) groups excluding carboxylic acids is 1. The van der Waals surface area contributed by atoms with E-state index in [0.717, 1.165) is 5.56 Å². The molecule has 158 valence electrons. The summed E-state index contributed by atoms with van der Waals surface area (Å²) in [6, 6.07) is 14.9. The van der Waals surface area contributed by atoms with Gasteiger partial charge < -0.3 is 9.47 Å². The Balaban J connectivity index is 1.84. The Hall–Kier alpha value is -3.92. The molecule has 1 heterocycles. The van der Waals surface area contributed by atoms with Crippen LogP contribution < -0.4 is 9.47 Å². The van der Waals surface area contributed by atoms with Gasteiger partial charge in [0.2, 0.25) is 0 Å². The molecule has 1 aromatic heterocycles. The molecule has 3 rings (SSSR count). The molecule has 0 aliphatic carbocycles. The van der Waals surface area contributed by atoms with Crippen LogP contribution in [0.2, 0.25) is 0 Å². The fourth-order valence-corrected chi connectivity index (χ4v) is 3.00. The number of aromatic nitrogens is 2. The predicted molar refractivity (Wildman–Crippen MR) is 114 cm³/mol. The number of halogens is 1. The summed E-state index contributed by atoms with van der Waals surface area (Å²) in [5.41, 5.74) is 2.74. The molecule has 0 atom stereocenters. The molecule has 0 unspecified atom stereocenters. The maximum atomic E-state index is 13.1. The molecule has 0 spiro atoms. The van der Waals surface area contributed by atoms with Crippen LogP contribution >= 0.6 is 0 Å². The Morgan fingerprint density at radius 2 is 1.87 bits per heavy atom. The SMILES string of the molecule is CCOc1cc(/C=C(\C#N)C(=O)n2nc(C)cc2C)ccc1OCc1ccc(F)cc1. The van der Waals surface area contributed by atoms with E-state index in [1.807, 2.05) is 13.0 Å². The number of allylic oxidation sites excluding steroid dienone is 1. The average Bonchev–Trinajstić information content (AvgIpc) is 3.10. The Bertz CT molecular complexity index is 1160. The van der Waals surface area contributed by atoms with E-state index in [9.17, 15) is 14.4 Å². The molecular formula is C24H22FN3O3. The van der Waals surface area contributed by atoms with Crippen LogP contribution in [0.1, 0.15) is 34.2 Å². The monoisotopic (exact) mass is 419 g/mol. The van der Waals surface area contributed by atoms with Crippen LogP contribution in [0.3, 0.4) is 0 Å². The van der Waals surface area contributed by atoms with Crippen LogP contribution in [0.25, 0.3) is 6.08 Å². The van der Waals surface area contributed by atoms with Crippen molar-refractivity contribution in [2.24, 2.45) is 0 Å². The molecule has 0 saturated carbocycles. The number of benzene rings is 2. The lowest BCUT2D eigenvalue weighted by Gasteiger charge is -2.13. The van der Waals surface area contributed by atoms with Crippen LogP contribution in [-0.4, -0.2) is 22.3 Å². The van der Waals surface area contributed by atoms with Gasteiger partial charge in [-0.3, -0.25) is 4.79 Å². The van der Waals surface area contributed by atoms with Crippen molar-refractivity contribution in [1.82, 2.24) is 9.78 Å². The summed E-state index contributed by atoms with van der Waals surface area (Å²) in [5.74, 6) is 0.182. The first kappa shape index (κ1) is 21.8. The van der Waals surface area contributed by atoms with E-state index >= 15 is 0 Å². The number of rotatable bonds is 7. The van der Waals surface area contributed by atoms with Gasteiger partial charge in [0.25, 0.3) is 5.91 Å². The molecule has 3 aromatic rings. The molecule has 0 N–H and O–H groups in total. The summed E-state index contributed by atoms with van der Waals surface area (Å²) in [7, 11) is 0. The number of aryl methyl sites for hydroxylation is 2. The Morgan fingerprint density at radius 3 is 2.48 bits per heavy atom. The fraction of sp³-hybridized carbons (Fsp3) is 0.208. The predicted octanol–water partition coefficient (Wildman–Crippen LogP) is 4.86. The highest BCUT2D eigenvalue weighted by atomic mass is 19.1. The second kappa shape index (κ2) is 9.72. The van der Waals surface area contributed by atoms with Gasteiger partial charge in [0.05, 0.1) is 12.3 Å². The van der Waals surface area contributed by atoms with Gasteiger partial charge in [-0.15, -0.1) is 0 Å². The molecule has 31 heavy (non-hydrogen) atoms. The van der Waals surface area contributed by atoms with Crippen molar-refractivity contribution in [3.05, 3.63) is 82.4 Å². The van der Waals surface area contributed by atoms with Crippen LogP contribution in [0, 0.1) is 31.0 Å². The van der Waals surface area contributed by atoms with E-state index in [-0.39, 0.29) is 18.0 Å². The number of nitrogens with zero attached hydrogens (tertiary/aromatic N) is 3. The molecule has 2 aromatic carbocycles. The first-order chi connectivity index (χ1) is 14.9. The zero-order valence-electron chi connectivity index (χ0n) is 17.6. The minimum atomic E-state index is -0.498.